The molecule has 0 aromatic carbocycles. The Balaban J connectivity index is 4.62. The Morgan fingerprint density at radius 1 is 0.568 bits per heavy atom. The highest BCUT2D eigenvalue weighted by Gasteiger charge is 2.19. The van der Waals surface area contributed by atoms with E-state index in [0.29, 0.717) is 0 Å². The maximum atomic E-state index is 12.2. The van der Waals surface area contributed by atoms with Crippen LogP contribution in [0.1, 0.15) is 20.8 Å². The van der Waals surface area contributed by atoms with Crippen LogP contribution >= 0.6 is 0 Å². The molecule has 2 unspecified atom stereocenters. The number of aliphatic hydroxyl groups excluding tert-OH is 1. The van der Waals surface area contributed by atoms with Gasteiger partial charge in [-0.1, -0.05) is 19.7 Å². The van der Waals surface area contributed by atoms with Crippen LogP contribution in [0.2, 0.25) is 0 Å². The molecule has 0 radical (unpaired) electrons. The van der Waals surface area contributed by atoms with Crippen molar-refractivity contribution >= 4 is 36.2 Å². The fourth-order valence-electron chi connectivity index (χ4n) is 2.40. The molecule has 17 nitrogen and oxygen atoms in total. The molecule has 4 N–H and O–H groups in total. The van der Waals surface area contributed by atoms with E-state index in [0.717, 1.165) is 0 Å². The third-order valence-corrected chi connectivity index (χ3v) is 4.55. The summed E-state index contributed by atoms with van der Waals surface area (Å²) >= 11 is 0. The number of amides is 3. The van der Waals surface area contributed by atoms with Gasteiger partial charge in [0.2, 0.25) is 0 Å². The number of esters is 3. The summed E-state index contributed by atoms with van der Waals surface area (Å²) in [4.78, 5) is 69.8. The maximum Gasteiger partial charge on any atom is 0.407 e. The Kier molecular flexibility index (Phi) is 20.5. The van der Waals surface area contributed by atoms with Crippen LogP contribution in [0.4, 0.5) is 14.4 Å². The normalized spacial score (nSPS) is 11.5. The number of aliphatic hydroxyl groups is 1. The van der Waals surface area contributed by atoms with E-state index in [4.69, 9.17) is 33.2 Å². The summed E-state index contributed by atoms with van der Waals surface area (Å²) in [6, 6.07) is 0. The lowest BCUT2D eigenvalue weighted by molar-refractivity contribution is -0.139. The molecule has 0 bridgehead atoms. The average molecular weight is 632 g/mol. The second-order valence-electron chi connectivity index (χ2n) is 8.94. The molecule has 0 rings (SSSR count). The predicted molar refractivity (Wildman–Crippen MR) is 151 cm³/mol. The van der Waals surface area contributed by atoms with Crippen LogP contribution in [0.5, 0.6) is 0 Å². The first-order chi connectivity index (χ1) is 20.7. The van der Waals surface area contributed by atoms with E-state index in [1.165, 1.54) is 20.8 Å². The first-order valence-electron chi connectivity index (χ1n) is 13.2. The van der Waals surface area contributed by atoms with Crippen molar-refractivity contribution in [3.05, 3.63) is 36.5 Å². The van der Waals surface area contributed by atoms with E-state index < -0.39 is 61.6 Å². The minimum atomic E-state index is -1.27. The fourth-order valence-corrected chi connectivity index (χ4v) is 2.40. The summed E-state index contributed by atoms with van der Waals surface area (Å²) in [5, 5.41) is 17.0. The van der Waals surface area contributed by atoms with Gasteiger partial charge in [0.05, 0.1) is 32.8 Å². The Hall–Kier alpha value is -4.64. The number of rotatable bonds is 21. The van der Waals surface area contributed by atoms with Gasteiger partial charge < -0.3 is 54.2 Å². The molecule has 0 spiro atoms. The van der Waals surface area contributed by atoms with E-state index in [9.17, 15) is 33.9 Å². The number of nitrogens with one attached hydrogen (secondary N) is 3. The zero-order valence-corrected chi connectivity index (χ0v) is 25.1. The van der Waals surface area contributed by atoms with Gasteiger partial charge in [-0.3, -0.25) is 0 Å². The van der Waals surface area contributed by atoms with E-state index in [1.807, 2.05) is 0 Å². The van der Waals surface area contributed by atoms with Crippen molar-refractivity contribution in [2.75, 3.05) is 65.9 Å². The largest absolute Gasteiger partial charge is 0.460 e. The van der Waals surface area contributed by atoms with Crippen molar-refractivity contribution in [1.82, 2.24) is 16.0 Å². The zero-order valence-electron chi connectivity index (χ0n) is 25.1. The molecule has 0 fully saturated rings. The third-order valence-electron chi connectivity index (χ3n) is 4.55. The quantitative estimate of drug-likeness (QED) is 0.0578. The standard InChI is InChI=1S/C27H41N3O14/c1-17(2)22(32)39-10-7-28-25(35)42-14-20(31)13-38-15-21(44-27(37)30-9-12-41-24(34)19(5)6)16-43-26(36)29-8-11-40-23(33)18(3)4/h20-21,31H,1,3,5,7-16H2,2,4,6H3,(H,28,35)(H,29,36)(H,30,37). The summed E-state index contributed by atoms with van der Waals surface area (Å²) in [6.07, 6.45) is -5.17. The molecular weight excluding hydrogens is 590 g/mol. The minimum absolute atomic E-state index is 0.0327. The predicted octanol–water partition coefficient (Wildman–Crippen LogP) is 0.269. The van der Waals surface area contributed by atoms with Crippen molar-refractivity contribution in [3.63, 3.8) is 0 Å². The van der Waals surface area contributed by atoms with Gasteiger partial charge in [0.15, 0.2) is 6.10 Å². The fraction of sp³-hybridized carbons (Fsp3) is 0.556. The van der Waals surface area contributed by atoms with Crippen LogP contribution in [0.15, 0.2) is 36.5 Å². The van der Waals surface area contributed by atoms with Crippen molar-refractivity contribution in [1.29, 1.82) is 0 Å². The number of ether oxygens (including phenoxy) is 7. The van der Waals surface area contributed by atoms with Gasteiger partial charge in [0.1, 0.15) is 39.1 Å². The summed E-state index contributed by atoms with van der Waals surface area (Å²) in [5.41, 5.74) is 0.585. The Morgan fingerprint density at radius 3 is 1.36 bits per heavy atom. The van der Waals surface area contributed by atoms with Crippen LogP contribution in [0, 0.1) is 0 Å². The van der Waals surface area contributed by atoms with Gasteiger partial charge >= 0.3 is 36.2 Å². The van der Waals surface area contributed by atoms with Gasteiger partial charge in [0.25, 0.3) is 0 Å². The Morgan fingerprint density at radius 2 is 0.955 bits per heavy atom. The summed E-state index contributed by atoms with van der Waals surface area (Å²) < 4.78 is 34.8. The van der Waals surface area contributed by atoms with Crippen LogP contribution in [0.25, 0.3) is 0 Å². The summed E-state index contributed by atoms with van der Waals surface area (Å²) in [5.74, 6) is -1.87. The van der Waals surface area contributed by atoms with Gasteiger partial charge in [-0.15, -0.1) is 0 Å². The highest BCUT2D eigenvalue weighted by Crippen LogP contribution is 2.00. The molecule has 0 aromatic heterocycles. The minimum Gasteiger partial charge on any atom is -0.460 e. The molecule has 0 aliphatic rings. The van der Waals surface area contributed by atoms with Crippen molar-refractivity contribution < 1.29 is 67.0 Å². The summed E-state index contributed by atoms with van der Waals surface area (Å²) in [7, 11) is 0. The second-order valence-corrected chi connectivity index (χ2v) is 8.94. The van der Waals surface area contributed by atoms with E-state index in [1.54, 1.807) is 0 Å². The topological polar surface area (TPSA) is 223 Å². The highest BCUT2D eigenvalue weighted by atomic mass is 16.6. The van der Waals surface area contributed by atoms with Gasteiger partial charge in [0, 0.05) is 16.7 Å². The molecule has 0 saturated heterocycles. The van der Waals surface area contributed by atoms with Gasteiger partial charge in [-0.05, 0) is 20.8 Å². The number of carbonyl (C=O) groups excluding carboxylic acids is 6. The summed E-state index contributed by atoms with van der Waals surface area (Å²) in [6.45, 7) is 12.5. The van der Waals surface area contributed by atoms with Crippen molar-refractivity contribution in [2.24, 2.45) is 0 Å². The molecule has 0 aliphatic carbocycles. The number of hydrogen-bond acceptors (Lipinski definition) is 14. The smallest absolute Gasteiger partial charge is 0.407 e. The van der Waals surface area contributed by atoms with E-state index >= 15 is 0 Å². The molecule has 17 heteroatoms. The Labute approximate surface area is 254 Å². The number of alkyl carbamates (subject to hydrolysis) is 3. The van der Waals surface area contributed by atoms with Crippen molar-refractivity contribution in [3.8, 4) is 0 Å². The lowest BCUT2D eigenvalue weighted by Gasteiger charge is -2.19. The average Bonchev–Trinajstić information content (AvgIpc) is 2.96. The molecule has 0 saturated carbocycles. The molecule has 2 atom stereocenters. The molecule has 0 heterocycles. The monoisotopic (exact) mass is 631 g/mol. The van der Waals surface area contributed by atoms with Gasteiger partial charge in [-0.25, -0.2) is 28.8 Å². The molecular formula is C27H41N3O14. The SMILES string of the molecule is C=C(C)C(=O)OCCNC(=O)OCC(O)COCC(COC(=O)NCCOC(=O)C(=C)C)OC(=O)NCCOC(=O)C(=C)C. The van der Waals surface area contributed by atoms with E-state index in [2.05, 4.69) is 35.7 Å². The zero-order chi connectivity index (χ0) is 33.5. The molecule has 3 amide bonds. The maximum absolute atomic E-state index is 12.2. The molecule has 44 heavy (non-hydrogen) atoms. The first-order valence-corrected chi connectivity index (χ1v) is 13.2. The van der Waals surface area contributed by atoms with Crippen LogP contribution in [-0.2, 0) is 47.5 Å². The highest BCUT2D eigenvalue weighted by molar-refractivity contribution is 5.87. The lowest BCUT2D eigenvalue weighted by atomic mass is 10.4. The van der Waals surface area contributed by atoms with Crippen LogP contribution in [-0.4, -0.2) is 119 Å². The molecule has 248 valence electrons. The van der Waals surface area contributed by atoms with Crippen LogP contribution < -0.4 is 16.0 Å². The van der Waals surface area contributed by atoms with Gasteiger partial charge in [-0.2, -0.15) is 0 Å². The number of hydrogen-bond donors (Lipinski definition) is 4. The van der Waals surface area contributed by atoms with Crippen LogP contribution in [0.3, 0.4) is 0 Å². The molecule has 0 aliphatic heterocycles. The van der Waals surface area contributed by atoms with E-state index in [-0.39, 0.29) is 69.4 Å². The first kappa shape index (κ1) is 39.4. The number of carbonyl (C=O) groups is 6. The lowest BCUT2D eigenvalue weighted by Crippen LogP contribution is -2.38. The van der Waals surface area contributed by atoms with Crippen molar-refractivity contribution in [2.45, 2.75) is 33.0 Å². The third kappa shape index (κ3) is 21.1. The molecule has 0 aromatic rings. The second kappa shape index (κ2) is 22.9. The Bertz CT molecular complexity index is 1030.